The minimum atomic E-state index is -0.525. The molecule has 0 radical (unpaired) electrons. The van der Waals surface area contributed by atoms with Crippen LogP contribution in [0.5, 0.6) is 5.75 Å². The Labute approximate surface area is 86.0 Å². The first kappa shape index (κ1) is 9.51. The van der Waals surface area contributed by atoms with Crippen LogP contribution >= 0.6 is 0 Å². The van der Waals surface area contributed by atoms with E-state index < -0.39 is 11.9 Å². The van der Waals surface area contributed by atoms with Crippen LogP contribution in [0.15, 0.2) is 18.2 Å². The highest BCUT2D eigenvalue weighted by molar-refractivity contribution is 5.97. The van der Waals surface area contributed by atoms with Gasteiger partial charge < -0.3 is 14.8 Å². The highest BCUT2D eigenvalue weighted by Crippen LogP contribution is 2.31. The Morgan fingerprint density at radius 2 is 2.33 bits per heavy atom. The van der Waals surface area contributed by atoms with Gasteiger partial charge in [0.2, 0.25) is 0 Å². The Morgan fingerprint density at radius 3 is 3.07 bits per heavy atom. The lowest BCUT2D eigenvalue weighted by Gasteiger charge is -2.18. The summed E-state index contributed by atoms with van der Waals surface area (Å²) in [6.45, 7) is 0.109. The van der Waals surface area contributed by atoms with Crippen molar-refractivity contribution < 1.29 is 19.1 Å². The van der Waals surface area contributed by atoms with E-state index in [1.807, 2.05) is 0 Å². The predicted octanol–water partition coefficient (Wildman–Crippen LogP) is 0.804. The van der Waals surface area contributed by atoms with E-state index in [9.17, 15) is 9.59 Å². The van der Waals surface area contributed by atoms with Crippen LogP contribution in [0.3, 0.4) is 0 Å². The fraction of sp³-hybridized carbons (Fsp3) is 0.200. The first-order valence-corrected chi connectivity index (χ1v) is 4.38. The van der Waals surface area contributed by atoms with Gasteiger partial charge in [0, 0.05) is 0 Å². The minimum absolute atomic E-state index is 0.109. The molecule has 0 spiro atoms. The van der Waals surface area contributed by atoms with Crippen LogP contribution in [-0.2, 0) is 9.53 Å². The number of hydrogen-bond acceptors (Lipinski definition) is 5. The van der Waals surface area contributed by atoms with Crippen molar-refractivity contribution in [2.75, 3.05) is 19.0 Å². The van der Waals surface area contributed by atoms with Gasteiger partial charge in [0.25, 0.3) is 0 Å². The van der Waals surface area contributed by atoms with E-state index in [-0.39, 0.29) is 17.9 Å². The van der Waals surface area contributed by atoms with E-state index in [1.54, 1.807) is 18.2 Å². The lowest BCUT2D eigenvalue weighted by atomic mass is 10.1. The fourth-order valence-corrected chi connectivity index (χ4v) is 1.37. The van der Waals surface area contributed by atoms with Crippen LogP contribution in [0.25, 0.3) is 0 Å². The molecule has 1 N–H and O–H groups in total. The van der Waals surface area contributed by atoms with Crippen molar-refractivity contribution in [1.82, 2.24) is 0 Å². The lowest BCUT2D eigenvalue weighted by molar-refractivity contribution is -0.132. The number of methoxy groups -OCH3 is 1. The monoisotopic (exact) mass is 207 g/mol. The van der Waals surface area contributed by atoms with Gasteiger partial charge in [-0.2, -0.15) is 0 Å². The molecule has 0 saturated carbocycles. The van der Waals surface area contributed by atoms with E-state index in [0.29, 0.717) is 5.69 Å². The van der Waals surface area contributed by atoms with E-state index in [2.05, 4.69) is 10.1 Å². The largest absolute Gasteiger partial charge is 0.465 e. The maximum atomic E-state index is 11.4. The summed E-state index contributed by atoms with van der Waals surface area (Å²) in [5, 5.41) is 2.85. The zero-order valence-electron chi connectivity index (χ0n) is 8.07. The third-order valence-corrected chi connectivity index (χ3v) is 2.06. The van der Waals surface area contributed by atoms with Crippen LogP contribution in [0, 0.1) is 0 Å². The number of anilines is 1. The zero-order chi connectivity index (χ0) is 10.8. The molecule has 78 valence electrons. The van der Waals surface area contributed by atoms with Crippen LogP contribution in [0.4, 0.5) is 5.69 Å². The maximum absolute atomic E-state index is 11.4. The summed E-state index contributed by atoms with van der Waals surface area (Å²) in [6.07, 6.45) is 0. The van der Waals surface area contributed by atoms with E-state index in [1.165, 1.54) is 7.11 Å². The summed E-state index contributed by atoms with van der Waals surface area (Å²) in [5.74, 6) is -0.706. The number of ether oxygens (including phenoxy) is 2. The second-order valence-electron chi connectivity index (χ2n) is 3.00. The van der Waals surface area contributed by atoms with Gasteiger partial charge in [-0.3, -0.25) is 0 Å². The van der Waals surface area contributed by atoms with E-state index in [4.69, 9.17) is 4.74 Å². The van der Waals surface area contributed by atoms with Gasteiger partial charge in [-0.05, 0) is 12.1 Å². The van der Waals surface area contributed by atoms with Gasteiger partial charge in [-0.15, -0.1) is 0 Å². The molecule has 0 saturated heterocycles. The molecule has 1 aromatic rings. The minimum Gasteiger partial charge on any atom is -0.465 e. The molecule has 2 rings (SSSR count). The normalized spacial score (nSPS) is 13.5. The number of carbonyl (C=O) groups is 2. The Balaban J connectivity index is 2.48. The molecule has 0 aromatic heterocycles. The number of rotatable bonds is 1. The van der Waals surface area contributed by atoms with Gasteiger partial charge >= 0.3 is 11.9 Å². The highest BCUT2D eigenvalue weighted by Gasteiger charge is 2.23. The van der Waals surface area contributed by atoms with Crippen LogP contribution in [0.1, 0.15) is 10.4 Å². The molecule has 0 atom stereocenters. The molecule has 1 aliphatic heterocycles. The summed E-state index contributed by atoms with van der Waals surface area (Å²) >= 11 is 0. The molecule has 0 bridgehead atoms. The number of para-hydroxylation sites is 1. The Morgan fingerprint density at radius 1 is 1.53 bits per heavy atom. The molecule has 1 aromatic carbocycles. The molecule has 0 fully saturated rings. The molecule has 0 amide bonds. The van der Waals surface area contributed by atoms with Gasteiger partial charge in [-0.25, -0.2) is 9.59 Å². The topological polar surface area (TPSA) is 64.6 Å². The SMILES string of the molecule is COC(=O)c1cccc2c1OC(=O)CN2. The summed E-state index contributed by atoms with van der Waals surface area (Å²) in [4.78, 5) is 22.4. The quantitative estimate of drug-likeness (QED) is 0.545. The van der Waals surface area contributed by atoms with E-state index in [0.717, 1.165) is 0 Å². The number of fused-ring (bicyclic) bond motifs is 1. The molecule has 0 aliphatic carbocycles. The number of benzene rings is 1. The second-order valence-corrected chi connectivity index (χ2v) is 3.00. The van der Waals surface area contributed by atoms with Crippen molar-refractivity contribution in [2.24, 2.45) is 0 Å². The summed E-state index contributed by atoms with van der Waals surface area (Å²) in [5.41, 5.74) is 0.869. The van der Waals surface area contributed by atoms with Gasteiger partial charge in [0.15, 0.2) is 5.75 Å². The van der Waals surface area contributed by atoms with Gasteiger partial charge in [0.1, 0.15) is 12.1 Å². The fourth-order valence-electron chi connectivity index (χ4n) is 1.37. The molecule has 15 heavy (non-hydrogen) atoms. The maximum Gasteiger partial charge on any atom is 0.341 e. The number of nitrogens with one attached hydrogen (secondary N) is 1. The van der Waals surface area contributed by atoms with Crippen LogP contribution in [0.2, 0.25) is 0 Å². The summed E-state index contributed by atoms with van der Waals surface area (Å²) in [6, 6.07) is 4.97. The average Bonchev–Trinajstić information content (AvgIpc) is 2.27. The third kappa shape index (κ3) is 1.63. The van der Waals surface area contributed by atoms with Crippen molar-refractivity contribution in [3.8, 4) is 5.75 Å². The number of carbonyl (C=O) groups excluding carboxylic acids is 2. The highest BCUT2D eigenvalue weighted by atomic mass is 16.5. The summed E-state index contributed by atoms with van der Waals surface area (Å²) < 4.78 is 9.56. The molecular weight excluding hydrogens is 198 g/mol. The standard InChI is InChI=1S/C10H9NO4/c1-14-10(13)6-3-2-4-7-9(6)15-8(12)5-11-7/h2-4,11H,5H2,1H3. The van der Waals surface area contributed by atoms with Crippen molar-refractivity contribution >= 4 is 17.6 Å². The first-order valence-electron chi connectivity index (χ1n) is 4.38. The van der Waals surface area contributed by atoms with E-state index >= 15 is 0 Å². The molecule has 5 nitrogen and oxygen atoms in total. The second kappa shape index (κ2) is 3.61. The van der Waals surface area contributed by atoms with Crippen molar-refractivity contribution in [1.29, 1.82) is 0 Å². The van der Waals surface area contributed by atoms with Gasteiger partial charge in [0.05, 0.1) is 12.8 Å². The molecule has 1 heterocycles. The number of hydrogen-bond donors (Lipinski definition) is 1. The average molecular weight is 207 g/mol. The Hall–Kier alpha value is -2.04. The van der Waals surface area contributed by atoms with Crippen LogP contribution in [-0.4, -0.2) is 25.6 Å². The van der Waals surface area contributed by atoms with Crippen LogP contribution < -0.4 is 10.1 Å². The molecule has 5 heteroatoms. The van der Waals surface area contributed by atoms with Crippen molar-refractivity contribution in [2.45, 2.75) is 0 Å². The number of esters is 2. The third-order valence-electron chi connectivity index (χ3n) is 2.06. The molecule has 1 aliphatic rings. The van der Waals surface area contributed by atoms with Crippen molar-refractivity contribution in [3.05, 3.63) is 23.8 Å². The molecule has 0 unspecified atom stereocenters. The first-order chi connectivity index (χ1) is 7.22. The lowest BCUT2D eigenvalue weighted by Crippen LogP contribution is -2.26. The predicted molar refractivity (Wildman–Crippen MR) is 51.9 cm³/mol. The van der Waals surface area contributed by atoms with Crippen molar-refractivity contribution in [3.63, 3.8) is 0 Å². The zero-order valence-corrected chi connectivity index (χ0v) is 8.07. The van der Waals surface area contributed by atoms with Gasteiger partial charge in [-0.1, -0.05) is 6.07 Å². The Kier molecular flexibility index (Phi) is 2.29. The Bertz CT molecular complexity index is 427. The smallest absolute Gasteiger partial charge is 0.341 e. The summed E-state index contributed by atoms with van der Waals surface area (Å²) in [7, 11) is 1.28. The molecular formula is C10H9NO4.